The molecule has 0 saturated heterocycles. The minimum absolute atomic E-state index is 0.0134. The predicted octanol–water partition coefficient (Wildman–Crippen LogP) is 4.83. The highest BCUT2D eigenvalue weighted by Crippen LogP contribution is 2.24. The van der Waals surface area contributed by atoms with Gasteiger partial charge in [-0.25, -0.2) is 0 Å². The molecule has 0 N–H and O–H groups in total. The summed E-state index contributed by atoms with van der Waals surface area (Å²) >= 11 is 10.9. The van der Waals surface area contributed by atoms with Crippen molar-refractivity contribution in [3.8, 4) is 0 Å². The summed E-state index contributed by atoms with van der Waals surface area (Å²) in [6.45, 7) is 3.29. The summed E-state index contributed by atoms with van der Waals surface area (Å²) in [6, 6.07) is 9.27. The molecular formula is C14H13BrClNOS. The molecule has 1 heterocycles. The molecule has 2 rings (SSSR count). The summed E-state index contributed by atoms with van der Waals surface area (Å²) in [6.07, 6.45) is 0. The highest BCUT2D eigenvalue weighted by atomic mass is 79.9. The quantitative estimate of drug-likeness (QED) is 0.767. The lowest BCUT2D eigenvalue weighted by Gasteiger charge is -2.21. The fourth-order valence-electron chi connectivity index (χ4n) is 1.75. The van der Waals surface area contributed by atoms with E-state index in [1.807, 2.05) is 29.3 Å². The van der Waals surface area contributed by atoms with Crippen LogP contribution < -0.4 is 0 Å². The van der Waals surface area contributed by atoms with Crippen LogP contribution in [0.5, 0.6) is 0 Å². The van der Waals surface area contributed by atoms with Gasteiger partial charge in [0.25, 0.3) is 5.91 Å². The Bertz CT molecular complexity index is 571. The van der Waals surface area contributed by atoms with Gasteiger partial charge in [0.05, 0.1) is 12.1 Å². The molecule has 0 aliphatic carbocycles. The van der Waals surface area contributed by atoms with Crippen molar-refractivity contribution in [1.29, 1.82) is 0 Å². The number of hydrogen-bond donors (Lipinski definition) is 0. The molecule has 2 aromatic rings. The number of benzene rings is 1. The first-order valence-electron chi connectivity index (χ1n) is 5.88. The van der Waals surface area contributed by atoms with Gasteiger partial charge in [-0.2, -0.15) is 0 Å². The molecular weight excluding hydrogens is 346 g/mol. The van der Waals surface area contributed by atoms with E-state index >= 15 is 0 Å². The van der Waals surface area contributed by atoms with Crippen molar-refractivity contribution in [2.75, 3.05) is 6.54 Å². The van der Waals surface area contributed by atoms with Crippen molar-refractivity contribution >= 4 is 44.8 Å². The number of amides is 1. The van der Waals surface area contributed by atoms with Crippen LogP contribution in [0.25, 0.3) is 0 Å². The highest BCUT2D eigenvalue weighted by Gasteiger charge is 2.17. The molecule has 19 heavy (non-hydrogen) atoms. The second kappa shape index (κ2) is 6.55. The molecule has 0 bridgehead atoms. The third kappa shape index (κ3) is 3.59. The number of carbonyl (C=O) groups excluding carboxylic acids is 1. The van der Waals surface area contributed by atoms with Crippen molar-refractivity contribution in [3.05, 3.63) is 55.6 Å². The van der Waals surface area contributed by atoms with E-state index in [9.17, 15) is 4.79 Å². The number of nitrogens with zero attached hydrogens (tertiary/aromatic N) is 1. The van der Waals surface area contributed by atoms with Gasteiger partial charge >= 0.3 is 0 Å². The molecule has 1 amide bonds. The van der Waals surface area contributed by atoms with Gasteiger partial charge in [0.15, 0.2) is 0 Å². The monoisotopic (exact) mass is 357 g/mol. The van der Waals surface area contributed by atoms with E-state index in [0.29, 0.717) is 23.7 Å². The SMILES string of the molecule is CCN(Cc1cccs1)C(=O)c1ccc(Cl)cc1Br. The van der Waals surface area contributed by atoms with Gasteiger partial charge in [0.2, 0.25) is 0 Å². The Morgan fingerprint density at radius 3 is 2.79 bits per heavy atom. The van der Waals surface area contributed by atoms with Gasteiger partial charge in [-0.05, 0) is 52.5 Å². The number of hydrogen-bond acceptors (Lipinski definition) is 2. The van der Waals surface area contributed by atoms with Crippen LogP contribution in [-0.2, 0) is 6.54 Å². The van der Waals surface area contributed by atoms with E-state index in [0.717, 1.165) is 4.47 Å². The van der Waals surface area contributed by atoms with E-state index in [1.54, 1.807) is 29.5 Å². The number of halogens is 2. The highest BCUT2D eigenvalue weighted by molar-refractivity contribution is 9.10. The first-order chi connectivity index (χ1) is 9.11. The molecule has 0 radical (unpaired) electrons. The van der Waals surface area contributed by atoms with E-state index in [4.69, 9.17) is 11.6 Å². The normalized spacial score (nSPS) is 10.5. The average molecular weight is 359 g/mol. The Morgan fingerprint density at radius 1 is 1.42 bits per heavy atom. The maximum atomic E-state index is 12.5. The van der Waals surface area contributed by atoms with Crippen LogP contribution in [0.15, 0.2) is 40.2 Å². The van der Waals surface area contributed by atoms with Gasteiger partial charge in [-0.3, -0.25) is 4.79 Å². The van der Waals surface area contributed by atoms with Crippen LogP contribution >= 0.6 is 38.9 Å². The van der Waals surface area contributed by atoms with Crippen LogP contribution in [0, 0.1) is 0 Å². The maximum absolute atomic E-state index is 12.5. The molecule has 0 aliphatic rings. The van der Waals surface area contributed by atoms with Crippen molar-refractivity contribution in [1.82, 2.24) is 4.90 Å². The average Bonchev–Trinajstić information content (AvgIpc) is 2.88. The first kappa shape index (κ1) is 14.6. The lowest BCUT2D eigenvalue weighted by Crippen LogP contribution is -2.30. The zero-order valence-electron chi connectivity index (χ0n) is 10.4. The number of thiophene rings is 1. The van der Waals surface area contributed by atoms with Gasteiger partial charge in [-0.1, -0.05) is 17.7 Å². The largest absolute Gasteiger partial charge is 0.334 e. The van der Waals surface area contributed by atoms with Gasteiger partial charge in [-0.15, -0.1) is 11.3 Å². The Hall–Kier alpha value is -0.840. The van der Waals surface area contributed by atoms with Crippen molar-refractivity contribution < 1.29 is 4.79 Å². The van der Waals surface area contributed by atoms with E-state index in [1.165, 1.54) is 4.88 Å². The Balaban J connectivity index is 2.20. The fourth-order valence-corrected chi connectivity index (χ4v) is 3.32. The molecule has 0 unspecified atom stereocenters. The minimum Gasteiger partial charge on any atom is -0.334 e. The summed E-state index contributed by atoms with van der Waals surface area (Å²) in [5, 5.41) is 2.64. The molecule has 0 spiro atoms. The van der Waals surface area contributed by atoms with Crippen LogP contribution in [0.1, 0.15) is 22.2 Å². The summed E-state index contributed by atoms with van der Waals surface area (Å²) < 4.78 is 0.731. The second-order valence-corrected chi connectivity index (χ2v) is 6.35. The Labute approximate surface area is 130 Å². The standard InChI is InChI=1S/C14H13BrClNOS/c1-2-17(9-11-4-3-7-19-11)14(18)12-6-5-10(16)8-13(12)15/h3-8H,2,9H2,1H3. The molecule has 1 aromatic heterocycles. The molecule has 0 atom stereocenters. The predicted molar refractivity (Wildman–Crippen MR) is 83.9 cm³/mol. The number of carbonyl (C=O) groups is 1. The fraction of sp³-hybridized carbons (Fsp3) is 0.214. The second-order valence-electron chi connectivity index (χ2n) is 4.02. The van der Waals surface area contributed by atoms with E-state index in [2.05, 4.69) is 15.9 Å². The molecule has 100 valence electrons. The molecule has 0 saturated carbocycles. The van der Waals surface area contributed by atoms with Crippen LogP contribution in [-0.4, -0.2) is 17.4 Å². The lowest BCUT2D eigenvalue weighted by molar-refractivity contribution is 0.0753. The van der Waals surface area contributed by atoms with E-state index < -0.39 is 0 Å². The third-order valence-electron chi connectivity index (χ3n) is 2.76. The molecule has 0 fully saturated rings. The van der Waals surface area contributed by atoms with Crippen molar-refractivity contribution in [2.24, 2.45) is 0 Å². The van der Waals surface area contributed by atoms with Crippen LogP contribution in [0.3, 0.4) is 0 Å². The lowest BCUT2D eigenvalue weighted by atomic mass is 10.2. The molecule has 1 aromatic carbocycles. The third-order valence-corrected chi connectivity index (χ3v) is 4.51. The van der Waals surface area contributed by atoms with E-state index in [-0.39, 0.29) is 5.91 Å². The smallest absolute Gasteiger partial charge is 0.255 e. The Morgan fingerprint density at radius 2 is 2.21 bits per heavy atom. The zero-order chi connectivity index (χ0) is 13.8. The van der Waals surface area contributed by atoms with Crippen molar-refractivity contribution in [2.45, 2.75) is 13.5 Å². The zero-order valence-corrected chi connectivity index (χ0v) is 13.6. The summed E-state index contributed by atoms with van der Waals surface area (Å²) in [5.74, 6) is 0.0134. The first-order valence-corrected chi connectivity index (χ1v) is 7.93. The summed E-state index contributed by atoms with van der Waals surface area (Å²) in [5.41, 5.74) is 0.641. The topological polar surface area (TPSA) is 20.3 Å². The van der Waals surface area contributed by atoms with Gasteiger partial charge in [0, 0.05) is 20.9 Å². The van der Waals surface area contributed by atoms with Crippen molar-refractivity contribution in [3.63, 3.8) is 0 Å². The summed E-state index contributed by atoms with van der Waals surface area (Å²) in [4.78, 5) is 15.5. The number of rotatable bonds is 4. The minimum atomic E-state index is 0.0134. The van der Waals surface area contributed by atoms with Crippen LogP contribution in [0.2, 0.25) is 5.02 Å². The Kier molecular flexibility index (Phi) is 5.02. The molecule has 5 heteroatoms. The van der Waals surface area contributed by atoms with Crippen LogP contribution in [0.4, 0.5) is 0 Å². The van der Waals surface area contributed by atoms with Gasteiger partial charge in [0.1, 0.15) is 0 Å². The van der Waals surface area contributed by atoms with Gasteiger partial charge < -0.3 is 4.90 Å². The summed E-state index contributed by atoms with van der Waals surface area (Å²) in [7, 11) is 0. The molecule has 0 aliphatic heterocycles. The maximum Gasteiger partial charge on any atom is 0.255 e. The molecule has 2 nitrogen and oxygen atoms in total.